The van der Waals surface area contributed by atoms with Gasteiger partial charge in [-0.25, -0.2) is 0 Å². The Morgan fingerprint density at radius 1 is 1.56 bits per heavy atom. The van der Waals surface area contributed by atoms with E-state index in [2.05, 4.69) is 13.2 Å². The van der Waals surface area contributed by atoms with Gasteiger partial charge < -0.3 is 0 Å². The first kappa shape index (κ1) is 10.9. The molecular weight excluding hydrogens is 126 g/mol. The van der Waals surface area contributed by atoms with Crippen LogP contribution in [0.1, 0.15) is 6.92 Å². The second kappa shape index (κ2) is 7.01. The largest absolute Gasteiger partial charge is 0.295 e. The number of carbonyl (C=O) groups excluding carboxylic acids is 1. The molecular formula is C6H8F2O. The molecule has 0 aliphatic rings. The van der Waals surface area contributed by atoms with Crippen molar-refractivity contribution in [1.29, 1.82) is 0 Å². The number of allylic oxidation sites excluding steroid dienone is 1. The van der Waals surface area contributed by atoms with Gasteiger partial charge in [0.05, 0.1) is 0 Å². The summed E-state index contributed by atoms with van der Waals surface area (Å²) >= 11 is 0. The van der Waals surface area contributed by atoms with Crippen molar-refractivity contribution < 1.29 is 13.6 Å². The summed E-state index contributed by atoms with van der Waals surface area (Å²) in [5.41, 5.74) is 0. The molecule has 0 aromatic rings. The van der Waals surface area contributed by atoms with Crippen molar-refractivity contribution in [3.8, 4) is 0 Å². The number of halogens is 2. The molecule has 0 radical (unpaired) electrons. The monoisotopic (exact) mass is 134 g/mol. The van der Waals surface area contributed by atoms with Crippen LogP contribution in [0.3, 0.4) is 0 Å². The number of ketones is 1. The average Bonchev–Trinajstić information content (AvgIpc) is 1.65. The number of hydrogen-bond acceptors (Lipinski definition) is 1. The van der Waals surface area contributed by atoms with Crippen LogP contribution in [0.25, 0.3) is 0 Å². The molecule has 0 bridgehead atoms. The van der Waals surface area contributed by atoms with Crippen molar-refractivity contribution in [2.75, 3.05) is 0 Å². The Labute approximate surface area is 52.7 Å². The summed E-state index contributed by atoms with van der Waals surface area (Å²) in [4.78, 5) is 9.69. The molecule has 0 saturated carbocycles. The maximum atomic E-state index is 10.1. The Bertz CT molecular complexity index is 114. The van der Waals surface area contributed by atoms with Crippen LogP contribution in [0, 0.1) is 0 Å². The molecule has 0 unspecified atom stereocenters. The zero-order valence-corrected chi connectivity index (χ0v) is 5.16. The van der Waals surface area contributed by atoms with Gasteiger partial charge in [-0.2, -0.15) is 8.78 Å². The molecule has 0 heterocycles. The van der Waals surface area contributed by atoms with Crippen LogP contribution < -0.4 is 0 Å². The maximum Gasteiger partial charge on any atom is 0.263 e. The van der Waals surface area contributed by atoms with Crippen LogP contribution >= 0.6 is 0 Å². The Morgan fingerprint density at radius 3 is 1.67 bits per heavy atom. The molecule has 0 fully saturated rings. The molecule has 0 amide bonds. The molecule has 9 heavy (non-hydrogen) atoms. The van der Waals surface area contributed by atoms with Gasteiger partial charge in [-0.05, 0) is 19.6 Å². The van der Waals surface area contributed by atoms with Crippen LogP contribution in [-0.2, 0) is 4.79 Å². The first-order valence-corrected chi connectivity index (χ1v) is 2.13. The predicted octanol–water partition coefficient (Wildman–Crippen LogP) is 2.16. The van der Waals surface area contributed by atoms with Gasteiger partial charge in [-0.3, -0.25) is 4.79 Å². The van der Waals surface area contributed by atoms with Crippen LogP contribution in [0.2, 0.25) is 0 Å². The minimum absolute atomic E-state index is 0.0185. The van der Waals surface area contributed by atoms with Gasteiger partial charge >= 0.3 is 0 Å². The highest BCUT2D eigenvalue weighted by Gasteiger charge is 1.69. The Morgan fingerprint density at radius 2 is 1.67 bits per heavy atom. The predicted molar refractivity (Wildman–Crippen MR) is 32.2 cm³/mol. The van der Waals surface area contributed by atoms with E-state index in [1.165, 1.54) is 13.0 Å². The molecule has 0 N–H and O–H groups in total. The van der Waals surface area contributed by atoms with Gasteiger partial charge in [-0.15, -0.1) is 0 Å². The van der Waals surface area contributed by atoms with Crippen molar-refractivity contribution in [3.05, 3.63) is 25.3 Å². The molecule has 52 valence electrons. The van der Waals surface area contributed by atoms with Crippen LogP contribution in [0.5, 0.6) is 0 Å². The standard InChI is InChI=1S/C4H6O.C2H2F2/c1-3-4(2)5;1-2(3)4/h3H,1H2,2H3;1H2. The molecule has 0 aliphatic heterocycles. The highest BCUT2D eigenvalue weighted by Crippen LogP contribution is 1.85. The van der Waals surface area contributed by atoms with E-state index in [1.807, 2.05) is 0 Å². The van der Waals surface area contributed by atoms with Gasteiger partial charge in [0.15, 0.2) is 5.78 Å². The first-order chi connectivity index (χ1) is 4.00. The quantitative estimate of drug-likeness (QED) is 0.502. The zero-order chi connectivity index (χ0) is 7.86. The number of hydrogen-bond donors (Lipinski definition) is 0. The van der Waals surface area contributed by atoms with E-state index < -0.39 is 6.08 Å². The maximum absolute atomic E-state index is 10.1. The number of carbonyl (C=O) groups is 1. The van der Waals surface area contributed by atoms with Crippen molar-refractivity contribution in [2.24, 2.45) is 0 Å². The lowest BCUT2D eigenvalue weighted by molar-refractivity contribution is -0.112. The third-order valence-electron chi connectivity index (χ3n) is 0.287. The van der Waals surface area contributed by atoms with E-state index in [9.17, 15) is 13.6 Å². The smallest absolute Gasteiger partial charge is 0.263 e. The molecule has 0 aliphatic carbocycles. The fourth-order valence-electron chi connectivity index (χ4n) is 0. The summed E-state index contributed by atoms with van der Waals surface area (Å²) in [5, 5.41) is 0. The van der Waals surface area contributed by atoms with Gasteiger partial charge in [0.25, 0.3) is 6.08 Å². The van der Waals surface area contributed by atoms with Gasteiger partial charge in [0.1, 0.15) is 0 Å². The SMILES string of the molecule is C=C(F)F.C=CC(C)=O. The normalized spacial score (nSPS) is 6.56. The molecule has 0 spiro atoms. The van der Waals surface area contributed by atoms with Crippen molar-refractivity contribution >= 4 is 5.78 Å². The molecule has 0 aromatic heterocycles. The van der Waals surface area contributed by atoms with Crippen molar-refractivity contribution in [3.63, 3.8) is 0 Å². The average molecular weight is 134 g/mol. The lowest BCUT2D eigenvalue weighted by Gasteiger charge is -1.62. The van der Waals surface area contributed by atoms with Gasteiger partial charge in [-0.1, -0.05) is 6.58 Å². The second-order valence-electron chi connectivity index (χ2n) is 1.15. The van der Waals surface area contributed by atoms with E-state index in [-0.39, 0.29) is 5.78 Å². The Kier molecular flexibility index (Phi) is 8.49. The first-order valence-electron chi connectivity index (χ1n) is 2.13. The molecule has 1 nitrogen and oxygen atoms in total. The third-order valence-corrected chi connectivity index (χ3v) is 0.287. The zero-order valence-electron chi connectivity index (χ0n) is 5.16. The highest BCUT2D eigenvalue weighted by atomic mass is 19.3. The summed E-state index contributed by atoms with van der Waals surface area (Å²) in [6, 6.07) is 0. The molecule has 0 rings (SSSR count). The third kappa shape index (κ3) is 172. The van der Waals surface area contributed by atoms with E-state index >= 15 is 0 Å². The topological polar surface area (TPSA) is 17.1 Å². The van der Waals surface area contributed by atoms with E-state index in [4.69, 9.17) is 0 Å². The van der Waals surface area contributed by atoms with E-state index in [0.29, 0.717) is 0 Å². The summed E-state index contributed by atoms with van der Waals surface area (Å²) in [6.07, 6.45) is -0.556. The molecule has 0 atom stereocenters. The van der Waals surface area contributed by atoms with Gasteiger partial charge in [0, 0.05) is 0 Å². The van der Waals surface area contributed by atoms with Crippen LogP contribution in [0.15, 0.2) is 25.3 Å². The minimum atomic E-state index is -1.83. The summed E-state index contributed by atoms with van der Waals surface area (Å²) in [5.74, 6) is 0.0185. The van der Waals surface area contributed by atoms with Crippen molar-refractivity contribution in [2.45, 2.75) is 6.92 Å². The van der Waals surface area contributed by atoms with Gasteiger partial charge in [0.2, 0.25) is 0 Å². The number of rotatable bonds is 1. The molecule has 0 saturated heterocycles. The van der Waals surface area contributed by atoms with Crippen LogP contribution in [0.4, 0.5) is 8.78 Å². The fourth-order valence-corrected chi connectivity index (χ4v) is 0. The second-order valence-corrected chi connectivity index (χ2v) is 1.15. The van der Waals surface area contributed by atoms with Crippen LogP contribution in [-0.4, -0.2) is 5.78 Å². The summed E-state index contributed by atoms with van der Waals surface area (Å²) in [6.45, 7) is 6.90. The van der Waals surface area contributed by atoms with Crippen molar-refractivity contribution in [1.82, 2.24) is 0 Å². The Balaban J connectivity index is 0. The van der Waals surface area contributed by atoms with E-state index in [1.54, 1.807) is 0 Å². The highest BCUT2D eigenvalue weighted by molar-refractivity contribution is 5.86. The van der Waals surface area contributed by atoms with E-state index in [0.717, 1.165) is 0 Å². The summed E-state index contributed by atoms with van der Waals surface area (Å²) < 4.78 is 20.3. The molecule has 3 heteroatoms. The lowest BCUT2D eigenvalue weighted by atomic mass is 10.5. The molecule has 0 aromatic carbocycles. The summed E-state index contributed by atoms with van der Waals surface area (Å²) in [7, 11) is 0. The fraction of sp³-hybridized carbons (Fsp3) is 0.167. The minimum Gasteiger partial charge on any atom is -0.295 e. The lowest BCUT2D eigenvalue weighted by Crippen LogP contribution is -1.74. The Hall–Kier alpha value is -0.990.